The van der Waals surface area contributed by atoms with E-state index in [9.17, 15) is 4.79 Å². The Morgan fingerprint density at radius 1 is 1.42 bits per heavy atom. The number of pyridine rings is 1. The summed E-state index contributed by atoms with van der Waals surface area (Å²) in [5, 5.41) is 4.64. The van der Waals surface area contributed by atoms with Gasteiger partial charge in [-0.3, -0.25) is 4.79 Å². The molecular weight excluding hydrogens is 260 g/mol. The quantitative estimate of drug-likeness (QED) is 0.809. The highest BCUT2D eigenvalue weighted by Gasteiger charge is 2.06. The van der Waals surface area contributed by atoms with Crippen LogP contribution >= 0.6 is 11.3 Å². The minimum Gasteiger partial charge on any atom is -0.345 e. The Morgan fingerprint density at radius 2 is 2.32 bits per heavy atom. The molecule has 2 rings (SSSR count). The predicted molar refractivity (Wildman–Crippen MR) is 73.5 cm³/mol. The summed E-state index contributed by atoms with van der Waals surface area (Å²) in [6.07, 6.45) is 1.56. The van der Waals surface area contributed by atoms with Crippen molar-refractivity contribution >= 4 is 17.2 Å². The summed E-state index contributed by atoms with van der Waals surface area (Å²) in [6, 6.07) is 3.38. The number of carbonyl (C=O) groups excluding carboxylic acids is 1. The molecule has 0 saturated carbocycles. The molecule has 2 heterocycles. The van der Waals surface area contributed by atoms with E-state index in [1.165, 1.54) is 11.3 Å². The smallest absolute Gasteiger partial charge is 0.270 e. The number of nitrogens with two attached hydrogens (primary N) is 1. The maximum atomic E-state index is 11.8. The molecule has 5 nitrogen and oxygen atoms in total. The lowest BCUT2D eigenvalue weighted by Gasteiger charge is -2.02. The molecule has 0 aliphatic rings. The lowest BCUT2D eigenvalue weighted by atomic mass is 10.2. The van der Waals surface area contributed by atoms with Crippen LogP contribution in [-0.4, -0.2) is 22.4 Å². The average Bonchev–Trinajstić information content (AvgIpc) is 2.96. The van der Waals surface area contributed by atoms with E-state index < -0.39 is 0 Å². The third-order valence-corrected chi connectivity index (χ3v) is 2.88. The highest BCUT2D eigenvalue weighted by molar-refractivity contribution is 7.07. The van der Waals surface area contributed by atoms with Crippen molar-refractivity contribution in [2.24, 2.45) is 5.73 Å². The lowest BCUT2D eigenvalue weighted by molar-refractivity contribution is 0.0945. The molecule has 0 bridgehead atoms. The fraction of sp³-hybridized carbons (Fsp3) is 0.154. The van der Waals surface area contributed by atoms with Gasteiger partial charge in [0, 0.05) is 17.1 Å². The van der Waals surface area contributed by atoms with Crippen molar-refractivity contribution in [2.75, 3.05) is 6.54 Å². The first-order valence-electron chi connectivity index (χ1n) is 5.60. The van der Waals surface area contributed by atoms with Gasteiger partial charge in [0.2, 0.25) is 0 Å². The molecule has 96 valence electrons. The normalized spacial score (nSPS) is 9.53. The third kappa shape index (κ3) is 3.88. The first-order valence-corrected chi connectivity index (χ1v) is 6.54. The molecule has 0 spiro atoms. The van der Waals surface area contributed by atoms with E-state index in [0.29, 0.717) is 18.8 Å². The van der Waals surface area contributed by atoms with Gasteiger partial charge in [-0.15, -0.1) is 11.3 Å². The Hall–Kier alpha value is -2.23. The van der Waals surface area contributed by atoms with Crippen LogP contribution in [0.3, 0.4) is 0 Å². The molecule has 0 atom stereocenters. The number of nitrogens with zero attached hydrogens (tertiary/aromatic N) is 2. The van der Waals surface area contributed by atoms with Crippen molar-refractivity contribution in [1.29, 1.82) is 0 Å². The number of nitrogens with one attached hydrogen (secondary N) is 1. The van der Waals surface area contributed by atoms with Crippen molar-refractivity contribution in [3.8, 4) is 11.8 Å². The SMILES string of the molecule is NCC#Cc1ccc(C(=O)NCc2cscn2)nc1. The molecule has 3 N–H and O–H groups in total. The van der Waals surface area contributed by atoms with Crippen LogP contribution < -0.4 is 11.1 Å². The van der Waals surface area contributed by atoms with Crippen molar-refractivity contribution in [3.63, 3.8) is 0 Å². The van der Waals surface area contributed by atoms with Gasteiger partial charge in [0.1, 0.15) is 5.69 Å². The Bertz CT molecular complexity index is 596. The van der Waals surface area contributed by atoms with E-state index in [2.05, 4.69) is 27.1 Å². The summed E-state index contributed by atoms with van der Waals surface area (Å²) in [5.74, 6) is 5.34. The fourth-order valence-corrected chi connectivity index (χ4v) is 1.90. The molecule has 0 unspecified atom stereocenters. The van der Waals surface area contributed by atoms with Crippen LogP contribution in [0.15, 0.2) is 29.2 Å². The maximum absolute atomic E-state index is 11.8. The third-order valence-electron chi connectivity index (χ3n) is 2.24. The second kappa shape index (κ2) is 6.64. The highest BCUT2D eigenvalue weighted by atomic mass is 32.1. The van der Waals surface area contributed by atoms with Gasteiger partial charge in [0.25, 0.3) is 5.91 Å². The van der Waals surface area contributed by atoms with Crippen molar-refractivity contribution in [2.45, 2.75) is 6.54 Å². The van der Waals surface area contributed by atoms with Crippen LogP contribution in [-0.2, 0) is 6.54 Å². The Balaban J connectivity index is 1.95. The number of aromatic nitrogens is 2. The summed E-state index contributed by atoms with van der Waals surface area (Å²) in [7, 11) is 0. The Kier molecular flexibility index (Phi) is 4.61. The number of thiazole rings is 1. The first kappa shape index (κ1) is 13.2. The van der Waals surface area contributed by atoms with Gasteiger partial charge in [0.05, 0.1) is 24.3 Å². The Labute approximate surface area is 114 Å². The van der Waals surface area contributed by atoms with Crippen molar-refractivity contribution in [1.82, 2.24) is 15.3 Å². The molecule has 1 amide bonds. The standard InChI is InChI=1S/C13H12N4OS/c14-5-1-2-10-3-4-12(15-6-10)13(18)16-7-11-8-19-9-17-11/h3-4,6,8-9H,5,7,14H2,(H,16,18). The van der Waals surface area contributed by atoms with Crippen LogP contribution in [0.1, 0.15) is 21.7 Å². The Morgan fingerprint density at radius 3 is 2.95 bits per heavy atom. The molecule has 2 aromatic rings. The van der Waals surface area contributed by atoms with Crippen LogP contribution in [0.5, 0.6) is 0 Å². The lowest BCUT2D eigenvalue weighted by Crippen LogP contribution is -2.23. The van der Waals surface area contributed by atoms with Crippen LogP contribution in [0.4, 0.5) is 0 Å². The van der Waals surface area contributed by atoms with E-state index in [4.69, 9.17) is 5.73 Å². The van der Waals surface area contributed by atoms with E-state index in [1.807, 2.05) is 5.38 Å². The molecule has 0 aliphatic heterocycles. The van der Waals surface area contributed by atoms with E-state index in [-0.39, 0.29) is 5.91 Å². The average molecular weight is 272 g/mol. The zero-order valence-corrected chi connectivity index (χ0v) is 10.9. The van der Waals surface area contributed by atoms with Gasteiger partial charge in [0.15, 0.2) is 0 Å². The number of carbonyl (C=O) groups is 1. The molecule has 0 radical (unpaired) electrons. The highest BCUT2D eigenvalue weighted by Crippen LogP contribution is 2.02. The molecule has 0 aliphatic carbocycles. The number of hydrogen-bond donors (Lipinski definition) is 2. The molecule has 0 aromatic carbocycles. The summed E-state index contributed by atoms with van der Waals surface area (Å²) >= 11 is 1.49. The second-order valence-corrected chi connectivity index (χ2v) is 4.32. The summed E-state index contributed by atoms with van der Waals surface area (Å²) in [4.78, 5) is 20.0. The monoisotopic (exact) mass is 272 g/mol. The van der Waals surface area contributed by atoms with Crippen molar-refractivity contribution < 1.29 is 4.79 Å². The topological polar surface area (TPSA) is 80.9 Å². The van der Waals surface area contributed by atoms with Gasteiger partial charge in [-0.2, -0.15) is 0 Å². The molecule has 19 heavy (non-hydrogen) atoms. The predicted octanol–water partition coefficient (Wildman–Crippen LogP) is 0.778. The van der Waals surface area contributed by atoms with E-state index >= 15 is 0 Å². The minimum atomic E-state index is -0.230. The molecule has 2 aromatic heterocycles. The number of amides is 1. The van der Waals surface area contributed by atoms with Gasteiger partial charge in [-0.1, -0.05) is 11.8 Å². The number of rotatable bonds is 3. The van der Waals surface area contributed by atoms with E-state index in [1.54, 1.807) is 23.8 Å². The van der Waals surface area contributed by atoms with Crippen molar-refractivity contribution in [3.05, 3.63) is 46.2 Å². The minimum absolute atomic E-state index is 0.230. The molecular formula is C13H12N4OS. The van der Waals surface area contributed by atoms with Gasteiger partial charge >= 0.3 is 0 Å². The zero-order chi connectivity index (χ0) is 13.5. The van der Waals surface area contributed by atoms with Gasteiger partial charge < -0.3 is 11.1 Å². The molecule has 0 fully saturated rings. The molecule has 6 heteroatoms. The first-order chi connectivity index (χ1) is 9.29. The fourth-order valence-electron chi connectivity index (χ4n) is 1.34. The van der Waals surface area contributed by atoms with E-state index in [0.717, 1.165) is 11.3 Å². The molecule has 0 saturated heterocycles. The number of hydrogen-bond acceptors (Lipinski definition) is 5. The van der Waals surface area contributed by atoms with Gasteiger partial charge in [-0.05, 0) is 12.1 Å². The summed E-state index contributed by atoms with van der Waals surface area (Å²) in [5.41, 5.74) is 8.93. The largest absolute Gasteiger partial charge is 0.345 e. The van der Waals surface area contributed by atoms with Crippen LogP contribution in [0, 0.1) is 11.8 Å². The van der Waals surface area contributed by atoms with Gasteiger partial charge in [-0.25, -0.2) is 9.97 Å². The van der Waals surface area contributed by atoms with Crippen LogP contribution in [0.2, 0.25) is 0 Å². The maximum Gasteiger partial charge on any atom is 0.270 e. The van der Waals surface area contributed by atoms with Crippen LogP contribution in [0.25, 0.3) is 0 Å². The second-order valence-electron chi connectivity index (χ2n) is 3.60. The summed E-state index contributed by atoms with van der Waals surface area (Å²) < 4.78 is 0. The summed E-state index contributed by atoms with van der Waals surface area (Å²) in [6.45, 7) is 0.703. The zero-order valence-electron chi connectivity index (χ0n) is 10.1.